The summed E-state index contributed by atoms with van der Waals surface area (Å²) in [6.07, 6.45) is 3.91. The van der Waals surface area contributed by atoms with Crippen LogP contribution in [0.1, 0.15) is 68.9 Å². The molecular formula is C26H34N2O7. The molecule has 0 aliphatic heterocycles. The third kappa shape index (κ3) is 8.27. The molecular weight excluding hydrogens is 452 g/mol. The Bertz CT molecular complexity index is 981. The predicted molar refractivity (Wildman–Crippen MR) is 129 cm³/mol. The number of methoxy groups -OCH3 is 1. The van der Waals surface area contributed by atoms with Gasteiger partial charge in [-0.3, -0.25) is 9.59 Å². The molecule has 1 aromatic heterocycles. The van der Waals surface area contributed by atoms with Crippen LogP contribution in [-0.4, -0.2) is 48.9 Å². The van der Waals surface area contributed by atoms with Gasteiger partial charge in [-0.1, -0.05) is 50.1 Å². The van der Waals surface area contributed by atoms with E-state index >= 15 is 0 Å². The normalized spacial score (nSPS) is 13.2. The molecule has 1 N–H and O–H groups in total. The molecule has 0 saturated heterocycles. The SMILES string of the molecule is CCCCC(c1ccccc1)C(C)OC(=O)[C@H](C)NC(=O)c1nccc(OC)c1OCOC(C)=O. The monoisotopic (exact) mass is 486 g/mol. The van der Waals surface area contributed by atoms with Crippen molar-refractivity contribution in [3.63, 3.8) is 0 Å². The number of ether oxygens (including phenoxy) is 4. The Morgan fingerprint density at radius 1 is 1.09 bits per heavy atom. The average molecular weight is 487 g/mol. The molecule has 0 aliphatic carbocycles. The lowest BCUT2D eigenvalue weighted by atomic mass is 9.89. The van der Waals surface area contributed by atoms with Crippen LogP contribution in [-0.2, 0) is 19.1 Å². The molecule has 0 saturated carbocycles. The maximum atomic E-state index is 12.9. The zero-order chi connectivity index (χ0) is 25.8. The zero-order valence-electron chi connectivity index (χ0n) is 20.9. The van der Waals surface area contributed by atoms with Crippen LogP contribution < -0.4 is 14.8 Å². The first kappa shape index (κ1) is 27.6. The summed E-state index contributed by atoms with van der Waals surface area (Å²) in [5.41, 5.74) is 0.988. The van der Waals surface area contributed by atoms with Crippen LogP contribution in [0.3, 0.4) is 0 Å². The van der Waals surface area contributed by atoms with Crippen molar-refractivity contribution in [1.82, 2.24) is 10.3 Å². The smallest absolute Gasteiger partial charge is 0.328 e. The van der Waals surface area contributed by atoms with Crippen molar-refractivity contribution < 1.29 is 33.3 Å². The Hall–Kier alpha value is -3.62. The van der Waals surface area contributed by atoms with Gasteiger partial charge in [0.05, 0.1) is 7.11 Å². The Kier molecular flexibility index (Phi) is 11.0. The van der Waals surface area contributed by atoms with Gasteiger partial charge in [-0.15, -0.1) is 0 Å². The van der Waals surface area contributed by atoms with E-state index in [-0.39, 0.29) is 29.2 Å². The van der Waals surface area contributed by atoms with E-state index in [0.717, 1.165) is 24.8 Å². The van der Waals surface area contributed by atoms with Crippen molar-refractivity contribution in [2.24, 2.45) is 0 Å². The minimum Gasteiger partial charge on any atom is -0.493 e. The van der Waals surface area contributed by atoms with E-state index in [0.29, 0.717) is 0 Å². The second kappa shape index (κ2) is 13.9. The van der Waals surface area contributed by atoms with E-state index in [4.69, 9.17) is 18.9 Å². The maximum Gasteiger partial charge on any atom is 0.328 e. The molecule has 1 aromatic carbocycles. The van der Waals surface area contributed by atoms with Gasteiger partial charge >= 0.3 is 11.9 Å². The highest BCUT2D eigenvalue weighted by Gasteiger charge is 2.27. The van der Waals surface area contributed by atoms with Gasteiger partial charge in [0.25, 0.3) is 5.91 Å². The van der Waals surface area contributed by atoms with Gasteiger partial charge in [0.1, 0.15) is 12.1 Å². The van der Waals surface area contributed by atoms with E-state index in [9.17, 15) is 14.4 Å². The van der Waals surface area contributed by atoms with E-state index in [1.54, 1.807) is 0 Å². The van der Waals surface area contributed by atoms with Crippen molar-refractivity contribution in [2.75, 3.05) is 13.9 Å². The minimum absolute atomic E-state index is 0.00797. The Balaban J connectivity index is 2.08. The van der Waals surface area contributed by atoms with Crippen molar-refractivity contribution >= 4 is 17.8 Å². The summed E-state index contributed by atoms with van der Waals surface area (Å²) in [5, 5.41) is 2.59. The third-order valence-electron chi connectivity index (χ3n) is 5.44. The predicted octanol–water partition coefficient (Wildman–Crippen LogP) is 4.01. The largest absolute Gasteiger partial charge is 0.493 e. The highest BCUT2D eigenvalue weighted by molar-refractivity contribution is 5.98. The summed E-state index contributed by atoms with van der Waals surface area (Å²) in [6.45, 7) is 6.33. The van der Waals surface area contributed by atoms with E-state index in [1.165, 1.54) is 33.2 Å². The number of nitrogens with zero attached hydrogens (tertiary/aromatic N) is 1. The lowest BCUT2D eigenvalue weighted by Gasteiger charge is -2.26. The number of esters is 2. The van der Waals surface area contributed by atoms with Gasteiger partial charge in [-0.25, -0.2) is 9.78 Å². The molecule has 9 nitrogen and oxygen atoms in total. The number of carbonyl (C=O) groups is 3. The summed E-state index contributed by atoms with van der Waals surface area (Å²) < 4.78 is 21.2. The lowest BCUT2D eigenvalue weighted by molar-refractivity contribution is -0.151. The second-order valence-electron chi connectivity index (χ2n) is 8.09. The number of unbranched alkanes of at least 4 members (excludes halogenated alkanes) is 1. The number of aromatic nitrogens is 1. The average Bonchev–Trinajstić information content (AvgIpc) is 2.84. The van der Waals surface area contributed by atoms with Crippen LogP contribution in [0.5, 0.6) is 11.5 Å². The van der Waals surface area contributed by atoms with Gasteiger partial charge in [-0.2, -0.15) is 0 Å². The first-order chi connectivity index (χ1) is 16.8. The molecule has 3 atom stereocenters. The minimum atomic E-state index is -0.943. The number of carbonyl (C=O) groups excluding carboxylic acids is 3. The number of nitrogens with one attached hydrogen (secondary N) is 1. The van der Waals surface area contributed by atoms with Gasteiger partial charge in [0.2, 0.25) is 6.79 Å². The van der Waals surface area contributed by atoms with Gasteiger partial charge in [0.15, 0.2) is 17.2 Å². The molecule has 0 radical (unpaired) electrons. The van der Waals surface area contributed by atoms with Crippen LogP contribution in [0.4, 0.5) is 0 Å². The summed E-state index contributed by atoms with van der Waals surface area (Å²) in [7, 11) is 1.40. The van der Waals surface area contributed by atoms with E-state index in [2.05, 4.69) is 17.2 Å². The third-order valence-corrected chi connectivity index (χ3v) is 5.44. The molecule has 2 unspecified atom stereocenters. The fourth-order valence-corrected chi connectivity index (χ4v) is 3.55. The second-order valence-corrected chi connectivity index (χ2v) is 8.09. The quantitative estimate of drug-likeness (QED) is 0.334. The summed E-state index contributed by atoms with van der Waals surface area (Å²) in [6, 6.07) is 10.5. The lowest BCUT2D eigenvalue weighted by Crippen LogP contribution is -2.41. The maximum absolute atomic E-state index is 12.9. The number of amides is 1. The molecule has 2 rings (SSSR count). The van der Waals surface area contributed by atoms with E-state index in [1.807, 2.05) is 37.3 Å². The van der Waals surface area contributed by atoms with Crippen molar-refractivity contribution in [3.8, 4) is 11.5 Å². The van der Waals surface area contributed by atoms with Gasteiger partial charge < -0.3 is 24.3 Å². The Morgan fingerprint density at radius 3 is 2.43 bits per heavy atom. The van der Waals surface area contributed by atoms with Gasteiger partial charge in [-0.05, 0) is 25.8 Å². The fourth-order valence-electron chi connectivity index (χ4n) is 3.55. The van der Waals surface area contributed by atoms with Crippen molar-refractivity contribution in [3.05, 3.63) is 53.9 Å². The van der Waals surface area contributed by atoms with Crippen molar-refractivity contribution in [2.45, 2.75) is 65.0 Å². The molecule has 190 valence electrons. The molecule has 1 amide bonds. The molecule has 0 fully saturated rings. The molecule has 0 bridgehead atoms. The van der Waals surface area contributed by atoms with Crippen LogP contribution in [0.2, 0.25) is 0 Å². The summed E-state index contributed by atoms with van der Waals surface area (Å²) >= 11 is 0. The number of hydrogen-bond donors (Lipinski definition) is 1. The first-order valence-electron chi connectivity index (χ1n) is 11.6. The molecule has 9 heteroatoms. The standard InChI is InChI=1S/C26H34N2O7/c1-6-7-13-21(20-11-9-8-10-12-20)18(3)35-26(31)17(2)28-25(30)23-24(34-16-33-19(4)29)22(32-5)14-15-27-23/h8-12,14-15,17-18,21H,6-7,13,16H2,1-5H3,(H,28,30)/t17-,18?,21?/m0/s1. The van der Waals surface area contributed by atoms with Crippen LogP contribution in [0.25, 0.3) is 0 Å². The Morgan fingerprint density at radius 2 is 1.80 bits per heavy atom. The van der Waals surface area contributed by atoms with Crippen LogP contribution >= 0.6 is 0 Å². The topological polar surface area (TPSA) is 113 Å². The zero-order valence-corrected chi connectivity index (χ0v) is 20.9. The first-order valence-corrected chi connectivity index (χ1v) is 11.6. The van der Waals surface area contributed by atoms with Crippen molar-refractivity contribution in [1.29, 1.82) is 0 Å². The molecule has 0 aliphatic rings. The van der Waals surface area contributed by atoms with Gasteiger partial charge in [0, 0.05) is 25.1 Å². The molecule has 2 aromatic rings. The number of hydrogen-bond acceptors (Lipinski definition) is 8. The highest BCUT2D eigenvalue weighted by Crippen LogP contribution is 2.30. The number of rotatable bonds is 13. The summed E-state index contributed by atoms with van der Waals surface area (Å²) in [4.78, 5) is 40.8. The number of pyridine rings is 1. The molecule has 35 heavy (non-hydrogen) atoms. The Labute approximate surface area is 206 Å². The highest BCUT2D eigenvalue weighted by atomic mass is 16.7. The van der Waals surface area contributed by atoms with Crippen LogP contribution in [0, 0.1) is 0 Å². The van der Waals surface area contributed by atoms with E-state index < -0.39 is 30.7 Å². The van der Waals surface area contributed by atoms with Crippen LogP contribution in [0.15, 0.2) is 42.6 Å². The number of benzene rings is 1. The fraction of sp³-hybridized carbons (Fsp3) is 0.462. The molecule has 0 spiro atoms. The molecule has 1 heterocycles. The summed E-state index contributed by atoms with van der Waals surface area (Å²) in [5.74, 6) is -1.51.